The maximum absolute atomic E-state index is 8.50. The van der Waals surface area contributed by atoms with Crippen LogP contribution in [0.25, 0.3) is 0 Å². The van der Waals surface area contributed by atoms with E-state index in [-0.39, 0.29) is 0 Å². The number of hydrogen-bond acceptors (Lipinski definition) is 5. The summed E-state index contributed by atoms with van der Waals surface area (Å²) in [5, 5.41) is 16.9. The number of nitriles is 2. The number of nitrogens with one attached hydrogen (secondary N) is 1. The zero-order valence-corrected chi connectivity index (χ0v) is 10.2. The molecule has 0 bridgehead atoms. The highest BCUT2D eigenvalue weighted by Crippen LogP contribution is 2.10. The molecule has 0 fully saturated rings. The average Bonchev–Trinajstić information content (AvgIpc) is 2.48. The summed E-state index contributed by atoms with van der Waals surface area (Å²) in [5.41, 5.74) is 10.1. The van der Waals surface area contributed by atoms with Gasteiger partial charge in [-0.3, -0.25) is 5.84 Å². The van der Waals surface area contributed by atoms with Gasteiger partial charge in [-0.2, -0.15) is 10.5 Å². The third kappa shape index (κ3) is 4.04. The maximum Gasteiger partial charge on any atom is 0.101 e. The Morgan fingerprint density at radius 3 is 1.79 bits per heavy atom. The quantitative estimate of drug-likeness (QED) is 0.407. The largest absolute Gasteiger partial charge is 0.398 e. The van der Waals surface area contributed by atoms with Gasteiger partial charge in [0.15, 0.2) is 0 Å². The molecule has 0 aromatic heterocycles. The van der Waals surface area contributed by atoms with Crippen molar-refractivity contribution in [3.63, 3.8) is 0 Å². The predicted molar refractivity (Wildman–Crippen MR) is 74.5 cm³/mol. The van der Waals surface area contributed by atoms with Gasteiger partial charge in [-0.05, 0) is 24.3 Å². The number of anilines is 2. The molecule has 94 valence electrons. The third-order valence-electron chi connectivity index (χ3n) is 2.28. The molecule has 0 saturated heterocycles. The average molecular weight is 251 g/mol. The minimum atomic E-state index is 0.539. The number of benzene rings is 2. The number of para-hydroxylation sites is 2. The van der Waals surface area contributed by atoms with Crippen LogP contribution in [0.15, 0.2) is 48.5 Å². The molecule has 0 atom stereocenters. The lowest BCUT2D eigenvalue weighted by molar-refractivity contribution is 1.33. The van der Waals surface area contributed by atoms with Crippen molar-refractivity contribution in [3.8, 4) is 12.1 Å². The van der Waals surface area contributed by atoms with Crippen LogP contribution in [0.4, 0.5) is 11.4 Å². The first kappa shape index (κ1) is 14.0. The summed E-state index contributed by atoms with van der Waals surface area (Å²) in [6, 6.07) is 18.0. The Hall–Kier alpha value is -3.02. The lowest BCUT2D eigenvalue weighted by Crippen LogP contribution is -2.07. The Morgan fingerprint density at radius 2 is 1.37 bits per heavy atom. The second-order valence-electron chi connectivity index (χ2n) is 3.50. The van der Waals surface area contributed by atoms with E-state index in [0.29, 0.717) is 22.5 Å². The summed E-state index contributed by atoms with van der Waals surface area (Å²) >= 11 is 0. The summed E-state index contributed by atoms with van der Waals surface area (Å²) in [6.45, 7) is 0. The highest BCUT2D eigenvalue weighted by atomic mass is 15.2. The van der Waals surface area contributed by atoms with Gasteiger partial charge < -0.3 is 11.2 Å². The second kappa shape index (κ2) is 7.33. The smallest absolute Gasteiger partial charge is 0.101 e. The fraction of sp³-hybridized carbons (Fsp3) is 0. The number of rotatable bonds is 1. The van der Waals surface area contributed by atoms with Crippen molar-refractivity contribution in [2.45, 2.75) is 0 Å². The van der Waals surface area contributed by atoms with Crippen LogP contribution in [0.3, 0.4) is 0 Å². The van der Waals surface area contributed by atoms with E-state index < -0.39 is 0 Å². The molecule has 19 heavy (non-hydrogen) atoms. The van der Waals surface area contributed by atoms with Crippen molar-refractivity contribution in [1.29, 1.82) is 10.5 Å². The van der Waals surface area contributed by atoms with Crippen LogP contribution in [-0.4, -0.2) is 0 Å². The molecule has 0 unspecified atom stereocenters. The monoisotopic (exact) mass is 251 g/mol. The van der Waals surface area contributed by atoms with Crippen molar-refractivity contribution in [2.75, 3.05) is 11.2 Å². The van der Waals surface area contributed by atoms with Gasteiger partial charge >= 0.3 is 0 Å². The van der Waals surface area contributed by atoms with E-state index in [2.05, 4.69) is 5.43 Å². The van der Waals surface area contributed by atoms with Crippen LogP contribution in [-0.2, 0) is 0 Å². The van der Waals surface area contributed by atoms with E-state index in [1.807, 2.05) is 18.2 Å². The van der Waals surface area contributed by atoms with E-state index in [4.69, 9.17) is 22.1 Å². The van der Waals surface area contributed by atoms with Crippen LogP contribution < -0.4 is 17.0 Å². The van der Waals surface area contributed by atoms with Crippen molar-refractivity contribution in [3.05, 3.63) is 59.7 Å². The van der Waals surface area contributed by atoms with Crippen molar-refractivity contribution < 1.29 is 0 Å². The van der Waals surface area contributed by atoms with E-state index in [9.17, 15) is 0 Å². The van der Waals surface area contributed by atoms with Crippen molar-refractivity contribution in [2.24, 2.45) is 5.84 Å². The molecular formula is C14H13N5. The third-order valence-corrected chi connectivity index (χ3v) is 2.28. The number of hydrazine groups is 1. The summed E-state index contributed by atoms with van der Waals surface area (Å²) in [4.78, 5) is 0. The van der Waals surface area contributed by atoms with E-state index >= 15 is 0 Å². The van der Waals surface area contributed by atoms with Gasteiger partial charge in [-0.15, -0.1) is 0 Å². The highest BCUT2D eigenvalue weighted by molar-refractivity contribution is 5.56. The molecule has 2 aromatic carbocycles. The molecule has 5 N–H and O–H groups in total. The molecular weight excluding hydrogens is 238 g/mol. The predicted octanol–water partition coefficient (Wildman–Crippen LogP) is 1.98. The Bertz CT molecular complexity index is 622. The van der Waals surface area contributed by atoms with Gasteiger partial charge in [-0.1, -0.05) is 24.3 Å². The van der Waals surface area contributed by atoms with Crippen LogP contribution in [0, 0.1) is 22.7 Å². The molecule has 0 amide bonds. The van der Waals surface area contributed by atoms with Crippen LogP contribution in [0.1, 0.15) is 11.1 Å². The molecule has 0 aliphatic rings. The minimum Gasteiger partial charge on any atom is -0.398 e. The Labute approximate surface area is 111 Å². The number of nitrogens with zero attached hydrogens (tertiary/aromatic N) is 2. The fourth-order valence-corrected chi connectivity index (χ4v) is 1.31. The summed E-state index contributed by atoms with van der Waals surface area (Å²) in [7, 11) is 0. The van der Waals surface area contributed by atoms with Gasteiger partial charge in [-0.25, -0.2) is 0 Å². The van der Waals surface area contributed by atoms with Gasteiger partial charge in [0, 0.05) is 5.69 Å². The first-order valence-electron chi connectivity index (χ1n) is 5.43. The maximum atomic E-state index is 8.50. The van der Waals surface area contributed by atoms with Crippen LogP contribution in [0.5, 0.6) is 0 Å². The molecule has 5 heteroatoms. The molecule has 0 radical (unpaired) electrons. The van der Waals surface area contributed by atoms with E-state index in [1.165, 1.54) is 0 Å². The van der Waals surface area contributed by atoms with Crippen LogP contribution in [0.2, 0.25) is 0 Å². The SMILES string of the molecule is N#Cc1ccccc1N.N#Cc1ccccc1NN. The number of hydrogen-bond donors (Lipinski definition) is 3. The Kier molecular flexibility index (Phi) is 5.42. The molecule has 0 heterocycles. The molecule has 0 aliphatic carbocycles. The zero-order valence-electron chi connectivity index (χ0n) is 10.2. The lowest BCUT2D eigenvalue weighted by atomic mass is 10.2. The summed E-state index contributed by atoms with van der Waals surface area (Å²) < 4.78 is 0. The van der Waals surface area contributed by atoms with Crippen molar-refractivity contribution in [1.82, 2.24) is 0 Å². The highest BCUT2D eigenvalue weighted by Gasteiger charge is 1.94. The first-order valence-corrected chi connectivity index (χ1v) is 5.43. The molecule has 0 saturated carbocycles. The minimum absolute atomic E-state index is 0.539. The molecule has 0 spiro atoms. The standard InChI is InChI=1S/C7H7N3.C7H6N2/c8-5-6-3-1-2-4-7(6)10-9;8-5-6-3-1-2-4-7(6)9/h1-4,10H,9H2;1-4H,9H2. The van der Waals surface area contributed by atoms with Gasteiger partial charge in [0.05, 0.1) is 16.8 Å². The fourth-order valence-electron chi connectivity index (χ4n) is 1.31. The van der Waals surface area contributed by atoms with E-state index in [0.717, 1.165) is 0 Å². The molecule has 5 nitrogen and oxygen atoms in total. The molecule has 2 rings (SSSR count). The summed E-state index contributed by atoms with van der Waals surface area (Å²) in [6.07, 6.45) is 0. The molecule has 2 aromatic rings. The van der Waals surface area contributed by atoms with E-state index in [1.54, 1.807) is 42.5 Å². The number of nitrogen functional groups attached to an aromatic ring is 2. The number of nitrogens with two attached hydrogens (primary N) is 2. The zero-order chi connectivity index (χ0) is 14.1. The Balaban J connectivity index is 0.000000191. The van der Waals surface area contributed by atoms with Crippen LogP contribution >= 0.6 is 0 Å². The second-order valence-corrected chi connectivity index (χ2v) is 3.50. The Morgan fingerprint density at radius 1 is 0.842 bits per heavy atom. The van der Waals surface area contributed by atoms with Crippen molar-refractivity contribution >= 4 is 11.4 Å². The topological polar surface area (TPSA) is 112 Å². The normalized spacial score (nSPS) is 8.37. The first-order chi connectivity index (χ1) is 9.22. The van der Waals surface area contributed by atoms with Gasteiger partial charge in [0.25, 0.3) is 0 Å². The van der Waals surface area contributed by atoms with Gasteiger partial charge in [0.1, 0.15) is 12.1 Å². The lowest BCUT2D eigenvalue weighted by Gasteiger charge is -1.99. The molecule has 0 aliphatic heterocycles. The summed E-state index contributed by atoms with van der Waals surface area (Å²) in [5.74, 6) is 5.13. The van der Waals surface area contributed by atoms with Gasteiger partial charge in [0.2, 0.25) is 0 Å².